The fraction of sp³-hybridized carbons (Fsp3) is 0.143. The highest BCUT2D eigenvalue weighted by Crippen LogP contribution is 2.23. The minimum atomic E-state index is 0.454. The number of nitrogen functional groups attached to an aromatic ring is 1. The van der Waals surface area contributed by atoms with Crippen LogP contribution in [0.4, 0.5) is 5.69 Å². The molecule has 0 aliphatic heterocycles. The van der Waals surface area contributed by atoms with Gasteiger partial charge in [0.1, 0.15) is 24.7 Å². The number of benzene rings is 2. The Labute approximate surface area is 111 Å². The van der Waals surface area contributed by atoms with Crippen LogP contribution in [0.15, 0.2) is 48.5 Å². The smallest absolute Gasteiger partial charge is 0.122 e. The van der Waals surface area contributed by atoms with E-state index in [9.17, 15) is 0 Å². The molecule has 0 atom stereocenters. The SMILES string of the molecule is Nc1cc(OCCOc2ccccc2)ccc1Cl. The standard InChI is InChI=1S/C14H14ClNO2/c15-13-7-6-12(10-14(13)16)18-9-8-17-11-4-2-1-3-5-11/h1-7,10H,8-9,16H2. The van der Waals surface area contributed by atoms with Crippen molar-refractivity contribution >= 4 is 17.3 Å². The molecule has 2 rings (SSSR count). The van der Waals surface area contributed by atoms with Gasteiger partial charge in [0.25, 0.3) is 0 Å². The summed E-state index contributed by atoms with van der Waals surface area (Å²) in [7, 11) is 0. The van der Waals surface area contributed by atoms with Gasteiger partial charge in [-0.1, -0.05) is 29.8 Å². The van der Waals surface area contributed by atoms with Crippen molar-refractivity contribution in [1.82, 2.24) is 0 Å². The number of ether oxygens (including phenoxy) is 2. The topological polar surface area (TPSA) is 44.5 Å². The summed E-state index contributed by atoms with van der Waals surface area (Å²) < 4.78 is 11.0. The average Bonchev–Trinajstić information content (AvgIpc) is 2.40. The Balaban J connectivity index is 1.77. The molecule has 0 heterocycles. The fourth-order valence-corrected chi connectivity index (χ4v) is 1.56. The lowest BCUT2D eigenvalue weighted by Gasteiger charge is -2.09. The Bertz CT molecular complexity index is 502. The van der Waals surface area contributed by atoms with Gasteiger partial charge in [0.05, 0.1) is 10.7 Å². The second kappa shape index (κ2) is 6.17. The van der Waals surface area contributed by atoms with Crippen molar-refractivity contribution in [2.24, 2.45) is 0 Å². The van der Waals surface area contributed by atoms with Crippen LogP contribution < -0.4 is 15.2 Å². The Hall–Kier alpha value is -1.87. The normalized spacial score (nSPS) is 10.1. The van der Waals surface area contributed by atoms with Crippen molar-refractivity contribution in [1.29, 1.82) is 0 Å². The van der Waals surface area contributed by atoms with Gasteiger partial charge in [-0.3, -0.25) is 0 Å². The Kier molecular flexibility index (Phi) is 4.31. The Morgan fingerprint density at radius 1 is 0.889 bits per heavy atom. The van der Waals surface area contributed by atoms with Crippen molar-refractivity contribution < 1.29 is 9.47 Å². The van der Waals surface area contributed by atoms with E-state index in [0.717, 1.165) is 5.75 Å². The van der Waals surface area contributed by atoms with E-state index in [4.69, 9.17) is 26.8 Å². The average molecular weight is 264 g/mol. The summed E-state index contributed by atoms with van der Waals surface area (Å²) in [4.78, 5) is 0. The predicted octanol–water partition coefficient (Wildman–Crippen LogP) is 3.38. The fourth-order valence-electron chi connectivity index (χ4n) is 1.45. The van der Waals surface area contributed by atoms with Crippen LogP contribution in [-0.2, 0) is 0 Å². The summed E-state index contributed by atoms with van der Waals surface area (Å²) in [6.45, 7) is 0.933. The van der Waals surface area contributed by atoms with Gasteiger partial charge in [-0.05, 0) is 24.3 Å². The summed E-state index contributed by atoms with van der Waals surface area (Å²) in [6.07, 6.45) is 0. The van der Waals surface area contributed by atoms with Crippen molar-refractivity contribution in [3.05, 3.63) is 53.6 Å². The maximum Gasteiger partial charge on any atom is 0.122 e. The lowest BCUT2D eigenvalue weighted by Crippen LogP contribution is -2.09. The molecule has 0 aromatic heterocycles. The van der Waals surface area contributed by atoms with E-state index in [1.165, 1.54) is 0 Å². The van der Waals surface area contributed by atoms with Gasteiger partial charge in [0, 0.05) is 6.07 Å². The number of hydrogen-bond acceptors (Lipinski definition) is 3. The van der Waals surface area contributed by atoms with E-state index in [2.05, 4.69) is 0 Å². The van der Waals surface area contributed by atoms with Gasteiger partial charge >= 0.3 is 0 Å². The molecule has 4 heteroatoms. The Morgan fingerprint density at radius 3 is 2.22 bits per heavy atom. The molecule has 2 aromatic rings. The minimum Gasteiger partial charge on any atom is -0.490 e. The van der Waals surface area contributed by atoms with Gasteiger partial charge in [0.15, 0.2) is 0 Å². The molecule has 0 fully saturated rings. The van der Waals surface area contributed by atoms with Crippen molar-refractivity contribution in [3.8, 4) is 11.5 Å². The number of halogens is 1. The molecule has 0 unspecified atom stereocenters. The van der Waals surface area contributed by atoms with Gasteiger partial charge in [-0.15, -0.1) is 0 Å². The first-order valence-corrected chi connectivity index (χ1v) is 5.99. The van der Waals surface area contributed by atoms with E-state index in [1.807, 2.05) is 30.3 Å². The van der Waals surface area contributed by atoms with E-state index < -0.39 is 0 Å². The number of nitrogens with two attached hydrogens (primary N) is 1. The largest absolute Gasteiger partial charge is 0.490 e. The minimum absolute atomic E-state index is 0.454. The third-order valence-corrected chi connectivity index (χ3v) is 2.68. The number of para-hydroxylation sites is 1. The van der Waals surface area contributed by atoms with Crippen LogP contribution in [0.1, 0.15) is 0 Å². The molecule has 18 heavy (non-hydrogen) atoms. The molecular formula is C14H14ClNO2. The summed E-state index contributed by atoms with van der Waals surface area (Å²) in [6, 6.07) is 14.8. The number of anilines is 1. The second-order valence-corrected chi connectivity index (χ2v) is 4.10. The maximum absolute atomic E-state index is 5.82. The summed E-state index contributed by atoms with van der Waals surface area (Å²) in [5.41, 5.74) is 6.18. The lowest BCUT2D eigenvalue weighted by atomic mass is 10.3. The maximum atomic E-state index is 5.82. The first-order valence-electron chi connectivity index (χ1n) is 5.61. The van der Waals surface area contributed by atoms with Crippen LogP contribution in [0.5, 0.6) is 11.5 Å². The zero-order chi connectivity index (χ0) is 12.8. The molecule has 3 nitrogen and oxygen atoms in total. The van der Waals surface area contributed by atoms with Crippen LogP contribution in [0, 0.1) is 0 Å². The quantitative estimate of drug-likeness (QED) is 0.664. The summed E-state index contributed by atoms with van der Waals surface area (Å²) in [5, 5.41) is 0.530. The monoisotopic (exact) mass is 263 g/mol. The third-order valence-electron chi connectivity index (χ3n) is 2.33. The van der Waals surface area contributed by atoms with Crippen LogP contribution in [0.2, 0.25) is 5.02 Å². The van der Waals surface area contributed by atoms with Crippen molar-refractivity contribution in [2.45, 2.75) is 0 Å². The molecular weight excluding hydrogens is 250 g/mol. The summed E-state index contributed by atoms with van der Waals surface area (Å²) in [5.74, 6) is 1.52. The van der Waals surface area contributed by atoms with Gasteiger partial charge in [-0.25, -0.2) is 0 Å². The molecule has 0 spiro atoms. The first-order chi connectivity index (χ1) is 8.75. The molecule has 0 amide bonds. The third kappa shape index (κ3) is 3.57. The number of hydrogen-bond donors (Lipinski definition) is 1. The van der Waals surface area contributed by atoms with E-state index in [1.54, 1.807) is 18.2 Å². The number of rotatable bonds is 5. The molecule has 0 saturated carbocycles. The van der Waals surface area contributed by atoms with E-state index in [-0.39, 0.29) is 0 Å². The highest BCUT2D eigenvalue weighted by Gasteiger charge is 1.99. The molecule has 2 N–H and O–H groups in total. The second-order valence-electron chi connectivity index (χ2n) is 3.69. The van der Waals surface area contributed by atoms with Crippen LogP contribution in [0.25, 0.3) is 0 Å². The molecule has 0 saturated heterocycles. The van der Waals surface area contributed by atoms with Gasteiger partial charge in [0.2, 0.25) is 0 Å². The highest BCUT2D eigenvalue weighted by atomic mass is 35.5. The van der Waals surface area contributed by atoms with Crippen molar-refractivity contribution in [2.75, 3.05) is 18.9 Å². The molecule has 2 aromatic carbocycles. The highest BCUT2D eigenvalue weighted by molar-refractivity contribution is 6.33. The van der Waals surface area contributed by atoms with Gasteiger partial charge < -0.3 is 15.2 Å². The molecule has 0 aliphatic rings. The predicted molar refractivity (Wildman–Crippen MR) is 73.3 cm³/mol. The lowest BCUT2D eigenvalue weighted by molar-refractivity contribution is 0.217. The van der Waals surface area contributed by atoms with Crippen LogP contribution >= 0.6 is 11.6 Å². The molecule has 0 bridgehead atoms. The zero-order valence-electron chi connectivity index (χ0n) is 9.80. The van der Waals surface area contributed by atoms with Crippen LogP contribution in [0.3, 0.4) is 0 Å². The van der Waals surface area contributed by atoms with Crippen molar-refractivity contribution in [3.63, 3.8) is 0 Å². The molecule has 94 valence electrons. The first kappa shape index (κ1) is 12.6. The van der Waals surface area contributed by atoms with Crippen LogP contribution in [-0.4, -0.2) is 13.2 Å². The summed E-state index contributed by atoms with van der Waals surface area (Å²) >= 11 is 5.82. The Morgan fingerprint density at radius 2 is 1.56 bits per heavy atom. The van der Waals surface area contributed by atoms with E-state index in [0.29, 0.717) is 29.7 Å². The zero-order valence-corrected chi connectivity index (χ0v) is 10.6. The molecule has 0 aliphatic carbocycles. The van der Waals surface area contributed by atoms with E-state index >= 15 is 0 Å². The van der Waals surface area contributed by atoms with Gasteiger partial charge in [-0.2, -0.15) is 0 Å². The molecule has 0 radical (unpaired) electrons.